The lowest BCUT2D eigenvalue weighted by molar-refractivity contribution is -0.112. The van der Waals surface area contributed by atoms with Gasteiger partial charge in [-0.15, -0.1) is 0 Å². The number of nitrogens with one attached hydrogen (secondary N) is 1. The Balaban J connectivity index is 1.79. The molecular formula is C21H16FNOS2. The van der Waals surface area contributed by atoms with Crippen LogP contribution >= 0.6 is 23.5 Å². The lowest BCUT2D eigenvalue weighted by Gasteiger charge is -2.09. The van der Waals surface area contributed by atoms with Gasteiger partial charge in [0.1, 0.15) is 5.82 Å². The SMILES string of the molecule is O=C(Nc1ccccc1)C(=CSc1ccc(F)cc1)Sc1ccccc1. The molecule has 3 rings (SSSR count). The molecule has 0 atom stereocenters. The fourth-order valence-electron chi connectivity index (χ4n) is 2.09. The Hall–Kier alpha value is -2.50. The van der Waals surface area contributed by atoms with Crippen LogP contribution in [0.15, 0.2) is 105 Å². The Morgan fingerprint density at radius 2 is 1.42 bits per heavy atom. The van der Waals surface area contributed by atoms with E-state index in [1.807, 2.05) is 60.7 Å². The Kier molecular flexibility index (Phi) is 6.52. The third kappa shape index (κ3) is 5.51. The van der Waals surface area contributed by atoms with E-state index in [1.54, 1.807) is 17.5 Å². The van der Waals surface area contributed by atoms with Gasteiger partial charge < -0.3 is 5.32 Å². The predicted octanol–water partition coefficient (Wildman–Crippen LogP) is 6.19. The maximum Gasteiger partial charge on any atom is 0.262 e. The molecule has 0 aliphatic heterocycles. The number of anilines is 1. The maximum absolute atomic E-state index is 13.1. The summed E-state index contributed by atoms with van der Waals surface area (Å²) in [6.45, 7) is 0. The first-order valence-electron chi connectivity index (χ1n) is 7.92. The summed E-state index contributed by atoms with van der Waals surface area (Å²) < 4.78 is 13.1. The summed E-state index contributed by atoms with van der Waals surface area (Å²) in [6, 6.07) is 25.2. The zero-order chi connectivity index (χ0) is 18.2. The van der Waals surface area contributed by atoms with E-state index >= 15 is 0 Å². The van der Waals surface area contributed by atoms with Gasteiger partial charge in [-0.2, -0.15) is 0 Å². The monoisotopic (exact) mass is 381 g/mol. The number of rotatable bonds is 6. The van der Waals surface area contributed by atoms with E-state index in [-0.39, 0.29) is 11.7 Å². The summed E-state index contributed by atoms with van der Waals surface area (Å²) in [5, 5.41) is 4.70. The Morgan fingerprint density at radius 3 is 2.08 bits per heavy atom. The van der Waals surface area contributed by atoms with Crippen LogP contribution in [0, 0.1) is 5.82 Å². The van der Waals surface area contributed by atoms with Crippen LogP contribution in [0.1, 0.15) is 0 Å². The summed E-state index contributed by atoms with van der Waals surface area (Å²) >= 11 is 2.78. The van der Waals surface area contributed by atoms with Crippen molar-refractivity contribution in [2.45, 2.75) is 9.79 Å². The van der Waals surface area contributed by atoms with Crippen LogP contribution in [0.4, 0.5) is 10.1 Å². The number of para-hydroxylation sites is 1. The van der Waals surface area contributed by atoms with Crippen LogP contribution in [0.5, 0.6) is 0 Å². The molecule has 0 saturated carbocycles. The smallest absolute Gasteiger partial charge is 0.262 e. The van der Waals surface area contributed by atoms with Crippen molar-refractivity contribution in [3.63, 3.8) is 0 Å². The van der Waals surface area contributed by atoms with Crippen molar-refractivity contribution in [3.05, 3.63) is 101 Å². The first-order valence-corrected chi connectivity index (χ1v) is 9.62. The normalized spacial score (nSPS) is 11.2. The van der Waals surface area contributed by atoms with Crippen LogP contribution in [0.3, 0.4) is 0 Å². The quantitative estimate of drug-likeness (QED) is 0.408. The van der Waals surface area contributed by atoms with E-state index in [9.17, 15) is 9.18 Å². The van der Waals surface area contributed by atoms with Crippen molar-refractivity contribution in [1.82, 2.24) is 0 Å². The lowest BCUT2D eigenvalue weighted by atomic mass is 10.3. The summed E-state index contributed by atoms with van der Waals surface area (Å²) in [4.78, 5) is 15.1. The average molecular weight is 381 g/mol. The van der Waals surface area contributed by atoms with Crippen molar-refractivity contribution < 1.29 is 9.18 Å². The van der Waals surface area contributed by atoms with Crippen molar-refractivity contribution in [2.75, 3.05) is 5.32 Å². The number of carbonyl (C=O) groups is 1. The van der Waals surface area contributed by atoms with Crippen molar-refractivity contribution in [3.8, 4) is 0 Å². The minimum Gasteiger partial charge on any atom is -0.322 e. The van der Waals surface area contributed by atoms with Crippen molar-refractivity contribution >= 4 is 35.1 Å². The Labute approximate surface area is 160 Å². The summed E-state index contributed by atoms with van der Waals surface area (Å²) in [7, 11) is 0. The largest absolute Gasteiger partial charge is 0.322 e. The highest BCUT2D eigenvalue weighted by Crippen LogP contribution is 2.31. The van der Waals surface area contributed by atoms with E-state index in [2.05, 4.69) is 5.32 Å². The van der Waals surface area contributed by atoms with Gasteiger partial charge in [0.25, 0.3) is 5.91 Å². The molecule has 2 nitrogen and oxygen atoms in total. The predicted molar refractivity (Wildman–Crippen MR) is 108 cm³/mol. The molecule has 1 N–H and O–H groups in total. The molecule has 130 valence electrons. The topological polar surface area (TPSA) is 29.1 Å². The Bertz CT molecular complexity index is 881. The molecule has 0 fully saturated rings. The zero-order valence-electron chi connectivity index (χ0n) is 13.8. The third-order valence-electron chi connectivity index (χ3n) is 3.34. The highest BCUT2D eigenvalue weighted by molar-refractivity contribution is 8.06. The van der Waals surface area contributed by atoms with Gasteiger partial charge >= 0.3 is 0 Å². The van der Waals surface area contributed by atoms with Crippen LogP contribution in [-0.2, 0) is 4.79 Å². The molecule has 3 aromatic carbocycles. The summed E-state index contributed by atoms with van der Waals surface area (Å²) in [5.74, 6) is -0.460. The second-order valence-corrected chi connectivity index (χ2v) is 7.35. The molecule has 5 heteroatoms. The second-order valence-electron chi connectivity index (χ2n) is 5.29. The minimum absolute atomic E-state index is 0.181. The summed E-state index contributed by atoms with van der Waals surface area (Å²) in [6.07, 6.45) is 0. The number of carbonyl (C=O) groups excluding carboxylic acids is 1. The molecule has 0 heterocycles. The molecule has 0 spiro atoms. The van der Waals surface area contributed by atoms with Gasteiger partial charge in [0.2, 0.25) is 0 Å². The van der Waals surface area contributed by atoms with Crippen LogP contribution in [0.25, 0.3) is 0 Å². The number of hydrogen-bond donors (Lipinski definition) is 1. The molecular weight excluding hydrogens is 365 g/mol. The number of amides is 1. The highest BCUT2D eigenvalue weighted by Gasteiger charge is 2.12. The van der Waals surface area contributed by atoms with E-state index in [0.717, 1.165) is 15.5 Å². The number of benzene rings is 3. The third-order valence-corrected chi connectivity index (χ3v) is 5.42. The fraction of sp³-hybridized carbons (Fsp3) is 0. The molecule has 0 aliphatic rings. The number of hydrogen-bond acceptors (Lipinski definition) is 3. The van der Waals surface area contributed by atoms with Crippen molar-refractivity contribution in [1.29, 1.82) is 0 Å². The molecule has 0 aliphatic carbocycles. The highest BCUT2D eigenvalue weighted by atomic mass is 32.2. The van der Waals surface area contributed by atoms with Crippen LogP contribution in [0.2, 0.25) is 0 Å². The first-order chi connectivity index (χ1) is 12.7. The molecule has 0 unspecified atom stereocenters. The van der Waals surface area contributed by atoms with Gasteiger partial charge in [-0.05, 0) is 53.9 Å². The van der Waals surface area contributed by atoms with Gasteiger partial charge in [0, 0.05) is 15.5 Å². The molecule has 26 heavy (non-hydrogen) atoms. The van der Waals surface area contributed by atoms with E-state index in [0.29, 0.717) is 4.91 Å². The van der Waals surface area contributed by atoms with E-state index in [1.165, 1.54) is 35.7 Å². The number of thioether (sulfide) groups is 2. The summed E-state index contributed by atoms with van der Waals surface area (Å²) in [5.41, 5.74) is 0.740. The molecule has 0 bridgehead atoms. The maximum atomic E-state index is 13.1. The minimum atomic E-state index is -0.279. The van der Waals surface area contributed by atoms with Crippen LogP contribution < -0.4 is 5.32 Å². The van der Waals surface area contributed by atoms with Crippen molar-refractivity contribution in [2.24, 2.45) is 0 Å². The van der Waals surface area contributed by atoms with Gasteiger partial charge in [-0.3, -0.25) is 4.79 Å². The second kappa shape index (κ2) is 9.27. The van der Waals surface area contributed by atoms with Gasteiger partial charge in [0.05, 0.1) is 4.91 Å². The van der Waals surface area contributed by atoms with Gasteiger partial charge in [-0.25, -0.2) is 4.39 Å². The molecule has 1 amide bonds. The van der Waals surface area contributed by atoms with E-state index in [4.69, 9.17) is 0 Å². The van der Waals surface area contributed by atoms with Gasteiger partial charge in [-0.1, -0.05) is 59.9 Å². The lowest BCUT2D eigenvalue weighted by Crippen LogP contribution is -2.12. The molecule has 0 saturated heterocycles. The van der Waals surface area contributed by atoms with E-state index < -0.39 is 0 Å². The fourth-order valence-corrected chi connectivity index (χ4v) is 3.76. The molecule has 3 aromatic rings. The first kappa shape index (κ1) is 18.3. The molecule has 0 aromatic heterocycles. The number of halogens is 1. The zero-order valence-corrected chi connectivity index (χ0v) is 15.4. The van der Waals surface area contributed by atoms with Gasteiger partial charge in [0.15, 0.2) is 0 Å². The molecule has 0 radical (unpaired) electrons. The standard InChI is InChI=1S/C21H16FNOS2/c22-16-11-13-18(14-12-16)25-15-20(26-19-9-5-2-6-10-19)21(24)23-17-7-3-1-4-8-17/h1-15H,(H,23,24). The Morgan fingerprint density at radius 1 is 0.808 bits per heavy atom. The van der Waals surface area contributed by atoms with Crippen LogP contribution in [-0.4, -0.2) is 5.91 Å². The average Bonchev–Trinajstić information content (AvgIpc) is 2.68.